The number of ether oxygens (including phenoxy) is 1. The molecule has 1 aliphatic heterocycles. The molecule has 11 heteroatoms. The number of aliphatic hydroxyl groups is 1. The van der Waals surface area contributed by atoms with Gasteiger partial charge in [0.2, 0.25) is 5.13 Å². The first kappa shape index (κ1) is 28.8. The molecule has 5 rings (SSSR count). The van der Waals surface area contributed by atoms with Crippen LogP contribution >= 0.6 is 34.7 Å². The third-order valence-electron chi connectivity index (χ3n) is 6.41. The smallest absolute Gasteiger partial charge is 0.301 e. The summed E-state index contributed by atoms with van der Waals surface area (Å²) >= 11 is 8.65. The number of carbonyl (C=O) groups excluding carboxylic acids is 2. The maximum absolute atomic E-state index is 14.1. The molecule has 0 radical (unpaired) electrons. The summed E-state index contributed by atoms with van der Waals surface area (Å²) in [7, 11) is 0. The van der Waals surface area contributed by atoms with E-state index in [1.807, 2.05) is 0 Å². The van der Waals surface area contributed by atoms with Crippen LogP contribution in [0.1, 0.15) is 42.5 Å². The van der Waals surface area contributed by atoms with Crippen molar-refractivity contribution >= 4 is 57.3 Å². The van der Waals surface area contributed by atoms with E-state index < -0.39 is 17.7 Å². The van der Waals surface area contributed by atoms with Gasteiger partial charge < -0.3 is 9.84 Å². The molecule has 0 saturated carbocycles. The van der Waals surface area contributed by atoms with Gasteiger partial charge in [0.05, 0.1) is 18.2 Å². The Bertz CT molecular complexity index is 1610. The molecule has 0 bridgehead atoms. The van der Waals surface area contributed by atoms with Gasteiger partial charge in [-0.1, -0.05) is 78.4 Å². The maximum Gasteiger partial charge on any atom is 0.301 e. The Morgan fingerprint density at radius 2 is 1.88 bits per heavy atom. The van der Waals surface area contributed by atoms with E-state index >= 15 is 0 Å². The van der Waals surface area contributed by atoms with Crippen molar-refractivity contribution in [1.82, 2.24) is 10.2 Å². The standard InChI is InChI=1S/C30H25ClFN3O4S2/c1-2-3-15-39-22-13-11-18(12-14-22)26(36)24-25(19-8-6-9-21(31)16-19)35(28(38)27(24)37)29-33-34-30(41-29)40-17-20-7-4-5-10-23(20)32/h4-14,16,25,36H,2-3,15,17H2,1H3. The molecule has 1 N–H and O–H groups in total. The second-order valence-corrected chi connectivity index (χ2v) is 11.8. The van der Waals surface area contributed by atoms with Crippen LogP contribution in [0.3, 0.4) is 0 Å². The van der Waals surface area contributed by atoms with Gasteiger partial charge in [-0.15, -0.1) is 10.2 Å². The van der Waals surface area contributed by atoms with Crippen molar-refractivity contribution in [3.05, 3.63) is 106 Å². The Balaban J connectivity index is 1.49. The van der Waals surface area contributed by atoms with Crippen molar-refractivity contribution in [2.45, 2.75) is 35.9 Å². The monoisotopic (exact) mass is 609 g/mol. The van der Waals surface area contributed by atoms with Gasteiger partial charge in [0.1, 0.15) is 17.3 Å². The molecule has 0 spiro atoms. The Morgan fingerprint density at radius 3 is 2.61 bits per heavy atom. The van der Waals surface area contributed by atoms with Crippen molar-refractivity contribution in [2.75, 3.05) is 11.5 Å². The molecule has 41 heavy (non-hydrogen) atoms. The Morgan fingerprint density at radius 1 is 1.10 bits per heavy atom. The molecule has 3 aromatic carbocycles. The second-order valence-electron chi connectivity index (χ2n) is 9.18. The van der Waals surface area contributed by atoms with Crippen molar-refractivity contribution < 1.29 is 23.8 Å². The van der Waals surface area contributed by atoms with Gasteiger partial charge in [0, 0.05) is 16.3 Å². The lowest BCUT2D eigenvalue weighted by Gasteiger charge is -2.22. The zero-order valence-corrected chi connectivity index (χ0v) is 24.3. The molecule has 1 saturated heterocycles. The normalized spacial score (nSPS) is 16.4. The van der Waals surface area contributed by atoms with Gasteiger partial charge in [-0.3, -0.25) is 14.5 Å². The van der Waals surface area contributed by atoms with Crippen LogP contribution in [0.25, 0.3) is 5.76 Å². The van der Waals surface area contributed by atoms with Crippen LogP contribution in [0.5, 0.6) is 5.75 Å². The predicted molar refractivity (Wildman–Crippen MR) is 159 cm³/mol. The Kier molecular flexibility index (Phi) is 9.02. The van der Waals surface area contributed by atoms with Crippen LogP contribution in [0.2, 0.25) is 5.02 Å². The number of benzene rings is 3. The highest BCUT2D eigenvalue weighted by Gasteiger charge is 2.48. The molecule has 1 aliphatic rings. The van der Waals surface area contributed by atoms with Crippen LogP contribution < -0.4 is 9.64 Å². The molecule has 7 nitrogen and oxygen atoms in total. The highest BCUT2D eigenvalue weighted by Crippen LogP contribution is 2.44. The van der Waals surface area contributed by atoms with E-state index in [0.29, 0.717) is 44.2 Å². The number of carbonyl (C=O) groups is 2. The minimum Gasteiger partial charge on any atom is -0.507 e. The highest BCUT2D eigenvalue weighted by molar-refractivity contribution is 8.00. The third kappa shape index (κ3) is 6.29. The molecule has 1 atom stereocenters. The van der Waals surface area contributed by atoms with Crippen molar-refractivity contribution in [2.24, 2.45) is 0 Å². The van der Waals surface area contributed by atoms with Gasteiger partial charge in [-0.2, -0.15) is 0 Å². The lowest BCUT2D eigenvalue weighted by Crippen LogP contribution is -2.29. The van der Waals surface area contributed by atoms with Crippen molar-refractivity contribution in [3.8, 4) is 5.75 Å². The van der Waals surface area contributed by atoms with Gasteiger partial charge in [-0.25, -0.2) is 4.39 Å². The topological polar surface area (TPSA) is 92.6 Å². The largest absolute Gasteiger partial charge is 0.507 e. The number of anilines is 1. The summed E-state index contributed by atoms with van der Waals surface area (Å²) in [6.07, 6.45) is 1.92. The summed E-state index contributed by atoms with van der Waals surface area (Å²) in [6, 6.07) is 18.9. The second kappa shape index (κ2) is 12.8. The highest BCUT2D eigenvalue weighted by atomic mass is 35.5. The number of aromatic nitrogens is 2. The van der Waals surface area contributed by atoms with Crippen LogP contribution in [-0.4, -0.2) is 33.6 Å². The number of Topliss-reactive ketones (excluding diaryl/α,β-unsaturated/α-hetero) is 1. The number of hydrogen-bond acceptors (Lipinski definition) is 8. The third-order valence-corrected chi connectivity index (χ3v) is 8.75. The molecule has 0 aliphatic carbocycles. The molecule has 210 valence electrons. The first-order valence-corrected chi connectivity index (χ1v) is 15.0. The summed E-state index contributed by atoms with van der Waals surface area (Å²) in [4.78, 5) is 28.1. The minimum atomic E-state index is -0.994. The van der Waals surface area contributed by atoms with Crippen LogP contribution in [0.4, 0.5) is 9.52 Å². The summed E-state index contributed by atoms with van der Waals surface area (Å²) in [5.74, 6) is -1.40. The number of halogens is 2. The van der Waals surface area contributed by atoms with E-state index in [-0.39, 0.29) is 22.3 Å². The van der Waals surface area contributed by atoms with E-state index in [1.165, 1.54) is 22.7 Å². The zero-order chi connectivity index (χ0) is 28.9. The molecule has 1 amide bonds. The zero-order valence-electron chi connectivity index (χ0n) is 21.9. The number of nitrogens with zero attached hydrogens (tertiary/aromatic N) is 3. The average Bonchev–Trinajstić information content (AvgIpc) is 3.54. The molecule has 4 aromatic rings. The number of amides is 1. The van der Waals surface area contributed by atoms with Crippen LogP contribution in [-0.2, 0) is 15.3 Å². The molecule has 2 heterocycles. The molecule has 1 unspecified atom stereocenters. The van der Waals surface area contributed by atoms with Crippen molar-refractivity contribution in [3.63, 3.8) is 0 Å². The number of hydrogen-bond donors (Lipinski definition) is 1. The summed E-state index contributed by atoms with van der Waals surface area (Å²) in [6.45, 7) is 2.65. The molecular formula is C30H25ClFN3O4S2. The Hall–Kier alpha value is -3.73. The van der Waals surface area contributed by atoms with E-state index in [9.17, 15) is 19.1 Å². The van der Waals surface area contributed by atoms with Crippen molar-refractivity contribution in [1.29, 1.82) is 0 Å². The van der Waals surface area contributed by atoms with E-state index in [4.69, 9.17) is 16.3 Å². The lowest BCUT2D eigenvalue weighted by molar-refractivity contribution is -0.132. The van der Waals surface area contributed by atoms with Gasteiger partial charge in [0.15, 0.2) is 4.34 Å². The quantitative estimate of drug-likeness (QED) is 0.0499. The first-order chi connectivity index (χ1) is 19.9. The SMILES string of the molecule is CCCCOc1ccc(C(O)=C2C(=O)C(=O)N(c3nnc(SCc4ccccc4F)s3)C2c2cccc(Cl)c2)cc1. The number of thioether (sulfide) groups is 1. The first-order valence-electron chi connectivity index (χ1n) is 12.9. The molecule has 1 aromatic heterocycles. The fraction of sp³-hybridized carbons (Fsp3) is 0.200. The van der Waals surface area contributed by atoms with Crippen LogP contribution in [0, 0.1) is 5.82 Å². The van der Waals surface area contributed by atoms with Gasteiger partial charge in [-0.05, 0) is 60.0 Å². The number of rotatable bonds is 10. The van der Waals surface area contributed by atoms with E-state index in [2.05, 4.69) is 17.1 Å². The molecule has 1 fully saturated rings. The number of unbranched alkanes of at least 4 members (excludes halogenated alkanes) is 1. The van der Waals surface area contributed by atoms with Crippen LogP contribution in [0.15, 0.2) is 82.7 Å². The number of aliphatic hydroxyl groups excluding tert-OH is 1. The van der Waals surface area contributed by atoms with Gasteiger partial charge in [0.25, 0.3) is 5.78 Å². The number of ketones is 1. The van der Waals surface area contributed by atoms with E-state index in [0.717, 1.165) is 24.2 Å². The van der Waals surface area contributed by atoms with E-state index in [1.54, 1.807) is 66.7 Å². The fourth-order valence-electron chi connectivity index (χ4n) is 4.33. The predicted octanol–water partition coefficient (Wildman–Crippen LogP) is 7.43. The molecular weight excluding hydrogens is 585 g/mol. The summed E-state index contributed by atoms with van der Waals surface area (Å²) in [5.41, 5.74) is 1.30. The van der Waals surface area contributed by atoms with Gasteiger partial charge >= 0.3 is 5.91 Å². The maximum atomic E-state index is 14.1. The Labute approximate surface area is 249 Å². The fourth-order valence-corrected chi connectivity index (χ4v) is 6.39. The average molecular weight is 610 g/mol. The summed E-state index contributed by atoms with van der Waals surface area (Å²) in [5, 5.41) is 20.3. The minimum absolute atomic E-state index is 0.0901. The lowest BCUT2D eigenvalue weighted by atomic mass is 9.95. The summed E-state index contributed by atoms with van der Waals surface area (Å²) < 4.78 is 20.3.